The topological polar surface area (TPSA) is 41.6 Å². The molecular formula is C23H21ClN2O2. The van der Waals surface area contributed by atoms with Crippen molar-refractivity contribution >= 4 is 28.9 Å². The molecule has 142 valence electrons. The molecule has 0 aliphatic carbocycles. The van der Waals surface area contributed by atoms with Crippen LogP contribution in [-0.2, 0) is 4.79 Å². The molecule has 0 spiro atoms. The molecule has 5 heteroatoms. The Morgan fingerprint density at radius 2 is 1.64 bits per heavy atom. The zero-order chi connectivity index (χ0) is 19.5. The highest BCUT2D eigenvalue weighted by Gasteiger charge is 2.50. The number of rotatable bonds is 6. The number of aryl methyl sites for hydroxylation is 1. The molecule has 28 heavy (non-hydrogen) atoms. The lowest BCUT2D eigenvalue weighted by molar-refractivity contribution is -0.134. The van der Waals surface area contributed by atoms with Crippen LogP contribution in [0.2, 0.25) is 5.02 Å². The van der Waals surface area contributed by atoms with Gasteiger partial charge in [0.2, 0.25) is 0 Å². The van der Waals surface area contributed by atoms with E-state index >= 15 is 0 Å². The second-order valence-corrected chi connectivity index (χ2v) is 7.24. The van der Waals surface area contributed by atoms with Crippen LogP contribution < -0.4 is 15.0 Å². The largest absolute Gasteiger partial charge is 0.478 e. The highest BCUT2D eigenvalue weighted by Crippen LogP contribution is 2.33. The fourth-order valence-electron chi connectivity index (χ4n) is 3.41. The van der Waals surface area contributed by atoms with Crippen LogP contribution in [0.1, 0.15) is 5.56 Å². The van der Waals surface area contributed by atoms with Crippen molar-refractivity contribution in [1.82, 2.24) is 0 Å². The maximum Gasteiger partial charge on any atom is 0.270 e. The number of benzene rings is 3. The van der Waals surface area contributed by atoms with Gasteiger partial charge in [-0.15, -0.1) is 0 Å². The van der Waals surface area contributed by atoms with Gasteiger partial charge in [0.05, 0.1) is 0 Å². The van der Waals surface area contributed by atoms with Crippen LogP contribution in [0.25, 0.3) is 0 Å². The Balaban J connectivity index is 1.56. The highest BCUT2D eigenvalue weighted by molar-refractivity contribution is 6.30. The summed E-state index contributed by atoms with van der Waals surface area (Å²) in [6.45, 7) is 2.60. The van der Waals surface area contributed by atoms with Crippen molar-refractivity contribution in [3.63, 3.8) is 0 Å². The Morgan fingerprint density at radius 1 is 0.964 bits per heavy atom. The van der Waals surface area contributed by atoms with Crippen LogP contribution in [0.5, 0.6) is 5.75 Å². The van der Waals surface area contributed by atoms with Crippen LogP contribution in [-0.4, -0.2) is 24.6 Å². The highest BCUT2D eigenvalue weighted by atomic mass is 35.5. The van der Waals surface area contributed by atoms with E-state index in [1.165, 1.54) is 0 Å². The number of carbonyl (C=O) groups excluding carboxylic acids is 1. The van der Waals surface area contributed by atoms with Crippen molar-refractivity contribution in [2.45, 2.75) is 19.1 Å². The van der Waals surface area contributed by atoms with E-state index in [1.54, 1.807) is 24.3 Å². The lowest BCUT2D eigenvalue weighted by atomic mass is 9.95. The zero-order valence-electron chi connectivity index (χ0n) is 15.5. The Morgan fingerprint density at radius 3 is 2.36 bits per heavy atom. The summed E-state index contributed by atoms with van der Waals surface area (Å²) in [6, 6.07) is 24.8. The van der Waals surface area contributed by atoms with E-state index in [4.69, 9.17) is 16.3 Å². The second-order valence-electron chi connectivity index (χ2n) is 6.80. The Kier molecular flexibility index (Phi) is 5.22. The molecule has 0 saturated carbocycles. The molecule has 1 amide bonds. The number of amides is 1. The van der Waals surface area contributed by atoms with Gasteiger partial charge in [0.1, 0.15) is 11.8 Å². The summed E-state index contributed by atoms with van der Waals surface area (Å²) in [5.74, 6) is 0.598. The maximum atomic E-state index is 13.0. The molecule has 0 aromatic heterocycles. The summed E-state index contributed by atoms with van der Waals surface area (Å²) >= 11 is 5.95. The molecule has 3 aromatic rings. The fraction of sp³-hybridized carbons (Fsp3) is 0.174. The quantitative estimate of drug-likeness (QED) is 0.605. The van der Waals surface area contributed by atoms with Crippen molar-refractivity contribution in [3.8, 4) is 5.75 Å². The fourth-order valence-corrected chi connectivity index (χ4v) is 3.54. The zero-order valence-corrected chi connectivity index (χ0v) is 16.3. The van der Waals surface area contributed by atoms with Gasteiger partial charge in [0.15, 0.2) is 6.10 Å². The first-order valence-electron chi connectivity index (χ1n) is 9.23. The van der Waals surface area contributed by atoms with Crippen LogP contribution >= 0.6 is 11.6 Å². The Hall–Kier alpha value is -2.98. The molecule has 4 rings (SSSR count). The number of carbonyl (C=O) groups is 1. The average molecular weight is 393 g/mol. The minimum atomic E-state index is -0.544. The number of halogens is 1. The van der Waals surface area contributed by atoms with Crippen LogP contribution in [0.15, 0.2) is 78.9 Å². The second kappa shape index (κ2) is 7.95. The van der Waals surface area contributed by atoms with Gasteiger partial charge in [-0.3, -0.25) is 9.69 Å². The van der Waals surface area contributed by atoms with Gasteiger partial charge in [-0.2, -0.15) is 0 Å². The Labute approximate surface area is 169 Å². The van der Waals surface area contributed by atoms with Crippen molar-refractivity contribution < 1.29 is 9.53 Å². The molecule has 2 atom stereocenters. The SMILES string of the molecule is Cc1ccccc1N1C(=O)[C@H](Oc2ccc(Cl)cc2)[C@H]1CNc1ccccc1. The van der Waals surface area contributed by atoms with Crippen molar-refractivity contribution in [1.29, 1.82) is 0 Å². The third-order valence-electron chi connectivity index (χ3n) is 4.90. The number of ether oxygens (including phenoxy) is 1. The normalized spacial score (nSPS) is 18.5. The van der Waals surface area contributed by atoms with Crippen molar-refractivity contribution in [2.75, 3.05) is 16.8 Å². The number of hydrogen-bond donors (Lipinski definition) is 1. The van der Waals surface area contributed by atoms with E-state index in [9.17, 15) is 4.79 Å². The predicted octanol–water partition coefficient (Wildman–Crippen LogP) is 4.92. The minimum Gasteiger partial charge on any atom is -0.478 e. The molecule has 3 aromatic carbocycles. The monoisotopic (exact) mass is 392 g/mol. The van der Waals surface area contributed by atoms with Gasteiger partial charge in [0.25, 0.3) is 5.91 Å². The summed E-state index contributed by atoms with van der Waals surface area (Å²) in [7, 11) is 0. The molecule has 1 heterocycles. The van der Waals surface area contributed by atoms with E-state index in [1.807, 2.05) is 66.4 Å². The third-order valence-corrected chi connectivity index (χ3v) is 5.15. The number of hydrogen-bond acceptors (Lipinski definition) is 3. The molecule has 1 aliphatic rings. The van der Waals surface area contributed by atoms with Gasteiger partial charge in [-0.05, 0) is 55.0 Å². The first-order valence-corrected chi connectivity index (χ1v) is 9.61. The lowest BCUT2D eigenvalue weighted by Gasteiger charge is -2.47. The smallest absolute Gasteiger partial charge is 0.270 e. The number of nitrogens with one attached hydrogen (secondary N) is 1. The summed E-state index contributed by atoms with van der Waals surface area (Å²) in [5, 5.41) is 4.05. The van der Waals surface area contributed by atoms with Gasteiger partial charge in [-0.25, -0.2) is 0 Å². The summed E-state index contributed by atoms with van der Waals surface area (Å²) < 4.78 is 6.02. The van der Waals surface area contributed by atoms with E-state index in [-0.39, 0.29) is 11.9 Å². The predicted molar refractivity (Wildman–Crippen MR) is 113 cm³/mol. The van der Waals surface area contributed by atoms with Gasteiger partial charge < -0.3 is 10.1 Å². The van der Waals surface area contributed by atoms with E-state index in [2.05, 4.69) is 5.32 Å². The van der Waals surface area contributed by atoms with E-state index in [0.717, 1.165) is 16.9 Å². The van der Waals surface area contributed by atoms with Crippen molar-refractivity contribution in [2.24, 2.45) is 0 Å². The van der Waals surface area contributed by atoms with Gasteiger partial charge in [0, 0.05) is 22.9 Å². The number of para-hydroxylation sites is 2. The van der Waals surface area contributed by atoms with E-state index < -0.39 is 6.10 Å². The van der Waals surface area contributed by atoms with Crippen LogP contribution in [0.3, 0.4) is 0 Å². The summed E-state index contributed by atoms with van der Waals surface area (Å²) in [4.78, 5) is 14.8. The van der Waals surface area contributed by atoms with Crippen LogP contribution in [0.4, 0.5) is 11.4 Å². The molecule has 1 saturated heterocycles. The number of β-lactam (4-membered cyclic amide) rings is 1. The number of nitrogens with zero attached hydrogens (tertiary/aromatic N) is 1. The van der Waals surface area contributed by atoms with E-state index in [0.29, 0.717) is 17.3 Å². The van der Waals surface area contributed by atoms with Crippen LogP contribution in [0, 0.1) is 6.92 Å². The molecule has 4 nitrogen and oxygen atoms in total. The minimum absolute atomic E-state index is 0.0379. The molecule has 1 fully saturated rings. The first kappa shape index (κ1) is 18.4. The van der Waals surface area contributed by atoms with Gasteiger partial charge in [-0.1, -0.05) is 48.0 Å². The molecule has 1 aliphatic heterocycles. The third kappa shape index (κ3) is 3.69. The molecular weight excluding hydrogens is 372 g/mol. The molecule has 1 N–H and O–H groups in total. The summed E-state index contributed by atoms with van der Waals surface area (Å²) in [6.07, 6.45) is -0.544. The van der Waals surface area contributed by atoms with Gasteiger partial charge >= 0.3 is 0 Å². The maximum absolute atomic E-state index is 13.0. The number of anilines is 2. The molecule has 0 radical (unpaired) electrons. The average Bonchev–Trinajstić information content (AvgIpc) is 2.72. The molecule has 0 bridgehead atoms. The summed E-state index contributed by atoms with van der Waals surface area (Å²) in [5.41, 5.74) is 2.99. The first-order chi connectivity index (χ1) is 13.6. The van der Waals surface area contributed by atoms with Crippen molar-refractivity contribution in [3.05, 3.63) is 89.4 Å². The molecule has 0 unspecified atom stereocenters. The Bertz CT molecular complexity index is 960. The standard InChI is InChI=1S/C23H21ClN2O2/c1-16-7-5-6-10-20(16)26-21(15-25-18-8-3-2-4-9-18)22(23(26)27)28-19-13-11-17(24)12-14-19/h2-14,21-22,25H,15H2,1H3/t21-,22-/m1/s1. The lowest BCUT2D eigenvalue weighted by Crippen LogP contribution is -2.69.